The van der Waals surface area contributed by atoms with E-state index in [2.05, 4.69) is 29.2 Å². The summed E-state index contributed by atoms with van der Waals surface area (Å²) in [6.07, 6.45) is 6.16. The minimum atomic E-state index is -0.122. The second-order valence-electron chi connectivity index (χ2n) is 5.67. The summed E-state index contributed by atoms with van der Waals surface area (Å²) < 4.78 is 0. The number of pyridine rings is 1. The number of nitrogens with one attached hydrogen (secondary N) is 1. The zero-order valence-corrected chi connectivity index (χ0v) is 12.7. The Morgan fingerprint density at radius 2 is 2.19 bits per heavy atom. The first-order valence-electron chi connectivity index (χ1n) is 7.47. The lowest BCUT2D eigenvalue weighted by molar-refractivity contribution is 0.0874. The summed E-state index contributed by atoms with van der Waals surface area (Å²) in [7, 11) is 2.13. The topological polar surface area (TPSA) is 69.0 Å². The summed E-state index contributed by atoms with van der Waals surface area (Å²) in [5.74, 6) is -0.122. The second-order valence-corrected chi connectivity index (χ2v) is 5.67. The average molecular weight is 286 g/mol. The van der Waals surface area contributed by atoms with Crippen molar-refractivity contribution >= 4 is 5.91 Å². The Kier molecular flexibility index (Phi) is 4.92. The fourth-order valence-electron chi connectivity index (χ4n) is 3.00. The molecule has 1 fully saturated rings. The molecule has 0 spiro atoms. The minimum absolute atomic E-state index is 0.0877. The van der Waals surface area contributed by atoms with Crippen LogP contribution in [0.5, 0.6) is 0 Å². The first kappa shape index (κ1) is 15.5. The van der Waals surface area contributed by atoms with E-state index in [0.717, 1.165) is 19.4 Å². The van der Waals surface area contributed by atoms with Crippen LogP contribution in [-0.4, -0.2) is 41.5 Å². The number of likely N-dealkylation sites (N-methyl/N-ethyl adjacent to an activating group) is 1. The van der Waals surface area contributed by atoms with Gasteiger partial charge in [-0.05, 0) is 38.6 Å². The molecule has 1 aromatic heterocycles. The fourth-order valence-corrected chi connectivity index (χ4v) is 3.00. The van der Waals surface area contributed by atoms with E-state index in [-0.39, 0.29) is 11.4 Å². The van der Waals surface area contributed by atoms with E-state index in [0.29, 0.717) is 17.8 Å². The third-order valence-electron chi connectivity index (χ3n) is 4.54. The van der Waals surface area contributed by atoms with E-state index in [9.17, 15) is 4.79 Å². The van der Waals surface area contributed by atoms with Crippen molar-refractivity contribution in [3.63, 3.8) is 0 Å². The highest BCUT2D eigenvalue weighted by molar-refractivity contribution is 5.93. The Hall–Kier alpha value is -1.93. The molecule has 1 amide bonds. The van der Waals surface area contributed by atoms with Crippen molar-refractivity contribution in [1.82, 2.24) is 15.2 Å². The molecule has 5 nitrogen and oxygen atoms in total. The zero-order valence-electron chi connectivity index (χ0n) is 12.7. The second kappa shape index (κ2) is 6.68. The zero-order chi connectivity index (χ0) is 15.3. The van der Waals surface area contributed by atoms with Gasteiger partial charge in [-0.1, -0.05) is 19.8 Å². The summed E-state index contributed by atoms with van der Waals surface area (Å²) in [5, 5.41) is 11.7. The molecule has 0 atom stereocenters. The van der Waals surface area contributed by atoms with E-state index in [4.69, 9.17) is 5.26 Å². The molecule has 1 heterocycles. The summed E-state index contributed by atoms with van der Waals surface area (Å²) in [5.41, 5.74) is 0.913. The van der Waals surface area contributed by atoms with Crippen molar-refractivity contribution in [3.05, 3.63) is 29.6 Å². The third kappa shape index (κ3) is 3.40. The van der Waals surface area contributed by atoms with Crippen molar-refractivity contribution in [2.24, 2.45) is 0 Å². The maximum atomic E-state index is 12.2. The van der Waals surface area contributed by atoms with Gasteiger partial charge in [-0.15, -0.1) is 0 Å². The monoisotopic (exact) mass is 286 g/mol. The largest absolute Gasteiger partial charge is 0.350 e. The highest BCUT2D eigenvalue weighted by atomic mass is 16.1. The van der Waals surface area contributed by atoms with E-state index >= 15 is 0 Å². The molecule has 0 aromatic carbocycles. The van der Waals surface area contributed by atoms with Gasteiger partial charge >= 0.3 is 0 Å². The van der Waals surface area contributed by atoms with Crippen LogP contribution in [0, 0.1) is 11.3 Å². The molecule has 0 radical (unpaired) electrons. The van der Waals surface area contributed by atoms with Crippen LogP contribution in [0.3, 0.4) is 0 Å². The van der Waals surface area contributed by atoms with Crippen LogP contribution in [0.4, 0.5) is 0 Å². The molecule has 5 heteroatoms. The van der Waals surface area contributed by atoms with Gasteiger partial charge in [-0.2, -0.15) is 5.26 Å². The van der Waals surface area contributed by atoms with Crippen molar-refractivity contribution in [2.75, 3.05) is 20.1 Å². The van der Waals surface area contributed by atoms with Gasteiger partial charge in [0.15, 0.2) is 0 Å². The molecular weight excluding hydrogens is 264 g/mol. The van der Waals surface area contributed by atoms with Crippen LogP contribution < -0.4 is 5.32 Å². The molecule has 21 heavy (non-hydrogen) atoms. The summed E-state index contributed by atoms with van der Waals surface area (Å²) in [4.78, 5) is 18.5. The number of aromatic nitrogens is 1. The Balaban J connectivity index is 2.00. The van der Waals surface area contributed by atoms with Crippen molar-refractivity contribution in [3.8, 4) is 6.07 Å². The SMILES string of the molecule is CCN(C)C1(CNC(=O)c2ccc(C#N)nc2)CCCC1. The molecule has 112 valence electrons. The highest BCUT2D eigenvalue weighted by Crippen LogP contribution is 2.33. The fraction of sp³-hybridized carbons (Fsp3) is 0.562. The molecule has 0 unspecified atom stereocenters. The lowest BCUT2D eigenvalue weighted by Gasteiger charge is -2.38. The van der Waals surface area contributed by atoms with Crippen LogP contribution >= 0.6 is 0 Å². The molecule has 1 N–H and O–H groups in total. The van der Waals surface area contributed by atoms with Gasteiger partial charge in [0.2, 0.25) is 0 Å². The molecule has 1 aromatic rings. The van der Waals surface area contributed by atoms with Crippen LogP contribution in [0.15, 0.2) is 18.3 Å². The lowest BCUT2D eigenvalue weighted by Crippen LogP contribution is -2.52. The predicted octanol–water partition coefficient (Wildman–Crippen LogP) is 1.95. The molecule has 1 aliphatic rings. The third-order valence-corrected chi connectivity index (χ3v) is 4.54. The number of carbonyl (C=O) groups is 1. The molecule has 2 rings (SSSR count). The van der Waals surface area contributed by atoms with Crippen molar-refractivity contribution in [1.29, 1.82) is 5.26 Å². The van der Waals surface area contributed by atoms with Crippen LogP contribution in [-0.2, 0) is 0 Å². The van der Waals surface area contributed by atoms with Gasteiger partial charge in [0.1, 0.15) is 11.8 Å². The normalized spacial score (nSPS) is 16.7. The number of amides is 1. The van der Waals surface area contributed by atoms with Crippen LogP contribution in [0.2, 0.25) is 0 Å². The number of rotatable bonds is 5. The molecule has 0 bridgehead atoms. The predicted molar refractivity (Wildman–Crippen MR) is 80.8 cm³/mol. The molecule has 1 saturated carbocycles. The number of hydrogen-bond acceptors (Lipinski definition) is 4. The van der Waals surface area contributed by atoms with Gasteiger partial charge in [0.05, 0.1) is 5.56 Å². The quantitative estimate of drug-likeness (QED) is 0.898. The van der Waals surface area contributed by atoms with Gasteiger partial charge in [-0.25, -0.2) is 4.98 Å². The number of nitriles is 1. The Morgan fingerprint density at radius 3 is 2.71 bits per heavy atom. The van der Waals surface area contributed by atoms with Gasteiger partial charge in [-0.3, -0.25) is 9.69 Å². The van der Waals surface area contributed by atoms with Gasteiger partial charge in [0, 0.05) is 18.3 Å². The molecule has 0 saturated heterocycles. The van der Waals surface area contributed by atoms with Gasteiger partial charge in [0.25, 0.3) is 5.91 Å². The Bertz CT molecular complexity index is 526. The highest BCUT2D eigenvalue weighted by Gasteiger charge is 2.37. The number of nitrogens with zero attached hydrogens (tertiary/aromatic N) is 3. The first-order valence-corrected chi connectivity index (χ1v) is 7.47. The van der Waals surface area contributed by atoms with Crippen molar-refractivity contribution < 1.29 is 4.79 Å². The summed E-state index contributed by atoms with van der Waals surface area (Å²) in [6.45, 7) is 3.79. The van der Waals surface area contributed by atoms with Crippen LogP contribution in [0.25, 0.3) is 0 Å². The molecule has 1 aliphatic carbocycles. The Morgan fingerprint density at radius 1 is 1.48 bits per heavy atom. The minimum Gasteiger partial charge on any atom is -0.350 e. The maximum absolute atomic E-state index is 12.2. The molecular formula is C16H22N4O. The summed E-state index contributed by atoms with van der Waals surface area (Å²) >= 11 is 0. The smallest absolute Gasteiger partial charge is 0.252 e. The first-order chi connectivity index (χ1) is 10.1. The lowest BCUT2D eigenvalue weighted by atomic mass is 9.95. The van der Waals surface area contributed by atoms with Crippen molar-refractivity contribution in [2.45, 2.75) is 38.1 Å². The average Bonchev–Trinajstić information content (AvgIpc) is 3.02. The molecule has 0 aliphatic heterocycles. The summed E-state index contributed by atoms with van der Waals surface area (Å²) in [6, 6.07) is 5.16. The van der Waals surface area contributed by atoms with Gasteiger partial charge < -0.3 is 5.32 Å². The maximum Gasteiger partial charge on any atom is 0.252 e. The Labute approximate surface area is 126 Å². The van der Waals surface area contributed by atoms with E-state index in [1.165, 1.54) is 19.0 Å². The standard InChI is InChI=1S/C16H22N4O/c1-3-20(2)16(8-4-5-9-16)12-19-15(21)13-6-7-14(10-17)18-11-13/h6-7,11H,3-5,8-9,12H2,1-2H3,(H,19,21). The van der Waals surface area contributed by atoms with E-state index < -0.39 is 0 Å². The number of hydrogen-bond donors (Lipinski definition) is 1. The van der Waals surface area contributed by atoms with Crippen LogP contribution in [0.1, 0.15) is 48.7 Å². The van der Waals surface area contributed by atoms with E-state index in [1.54, 1.807) is 12.1 Å². The van der Waals surface area contributed by atoms with E-state index in [1.807, 2.05) is 6.07 Å². The number of carbonyl (C=O) groups excluding carboxylic acids is 1.